The molecule has 0 saturated heterocycles. The van der Waals surface area contributed by atoms with Gasteiger partial charge in [0.1, 0.15) is 18.1 Å². The van der Waals surface area contributed by atoms with Crippen LogP contribution < -0.4 is 21.7 Å². The van der Waals surface area contributed by atoms with Crippen LogP contribution in [0.15, 0.2) is 0 Å². The Balaban J connectivity index is 5.48. The number of rotatable bonds is 17. The number of carbonyl (C=O) groups is 5. The van der Waals surface area contributed by atoms with E-state index in [0.29, 0.717) is 30.8 Å². The largest absolute Gasteiger partial charge is 0.481 e. The third-order valence-electron chi connectivity index (χ3n) is 5.00. The van der Waals surface area contributed by atoms with E-state index in [-0.39, 0.29) is 5.92 Å². The molecule has 0 aliphatic rings. The first-order valence-electron chi connectivity index (χ1n) is 10.6. The zero-order valence-corrected chi connectivity index (χ0v) is 21.1. The van der Waals surface area contributed by atoms with Crippen molar-refractivity contribution in [1.82, 2.24) is 16.0 Å². The highest BCUT2D eigenvalue weighted by Crippen LogP contribution is 2.11. The van der Waals surface area contributed by atoms with E-state index in [0.717, 1.165) is 0 Å². The van der Waals surface area contributed by atoms with Crippen molar-refractivity contribution in [2.75, 3.05) is 24.0 Å². The highest BCUT2D eigenvalue weighted by atomic mass is 32.2. The first-order valence-corrected chi connectivity index (χ1v) is 13.4. The van der Waals surface area contributed by atoms with Crippen LogP contribution in [-0.4, -0.2) is 88.1 Å². The Kier molecular flexibility index (Phi) is 15.6. The first kappa shape index (κ1) is 31.0. The minimum atomic E-state index is -1.64. The van der Waals surface area contributed by atoms with Gasteiger partial charge in [0.25, 0.3) is 0 Å². The SMILES string of the molecule is CCC(C)C(NC(=O)C(CCSC)NC(=O)C(N)CCSC)C(=O)NC(CC(=O)O)C(=O)O. The fraction of sp³-hybridized carbons (Fsp3) is 0.750. The lowest BCUT2D eigenvalue weighted by Gasteiger charge is -2.28. The van der Waals surface area contributed by atoms with E-state index in [9.17, 15) is 29.1 Å². The average Bonchev–Trinajstić information content (AvgIpc) is 2.76. The number of hydrogen-bond acceptors (Lipinski definition) is 8. The van der Waals surface area contributed by atoms with Gasteiger partial charge in [-0.15, -0.1) is 0 Å². The summed E-state index contributed by atoms with van der Waals surface area (Å²) in [7, 11) is 0. The van der Waals surface area contributed by atoms with Crippen molar-refractivity contribution in [1.29, 1.82) is 0 Å². The van der Waals surface area contributed by atoms with Gasteiger partial charge in [-0.2, -0.15) is 23.5 Å². The fourth-order valence-corrected chi connectivity index (χ4v) is 3.71. The standard InChI is InChI=1S/C20H36N4O7S2/c1-5-11(2)16(19(29)23-14(20(30)31)10-15(25)26)24-18(28)13(7-9-33-4)22-17(27)12(21)6-8-32-3/h11-14,16H,5-10,21H2,1-4H3,(H,22,27)(H,23,29)(H,24,28)(H,25,26)(H,30,31). The number of nitrogens with one attached hydrogen (secondary N) is 3. The second-order valence-corrected chi connectivity index (χ2v) is 9.57. The Morgan fingerprint density at radius 3 is 1.88 bits per heavy atom. The molecular formula is C20H36N4O7S2. The normalized spacial score (nSPS) is 15.4. The number of carboxylic acids is 2. The van der Waals surface area contributed by atoms with E-state index in [1.807, 2.05) is 12.5 Å². The highest BCUT2D eigenvalue weighted by Gasteiger charge is 2.33. The molecule has 3 amide bonds. The van der Waals surface area contributed by atoms with E-state index in [1.165, 1.54) is 11.8 Å². The maximum Gasteiger partial charge on any atom is 0.326 e. The molecule has 7 N–H and O–H groups in total. The molecule has 0 radical (unpaired) electrons. The fourth-order valence-electron chi connectivity index (χ4n) is 2.75. The molecule has 190 valence electrons. The third kappa shape index (κ3) is 12.2. The number of thioether (sulfide) groups is 2. The van der Waals surface area contributed by atoms with Gasteiger partial charge < -0.3 is 31.9 Å². The molecule has 0 heterocycles. The molecule has 13 heteroatoms. The van der Waals surface area contributed by atoms with Gasteiger partial charge in [-0.05, 0) is 42.8 Å². The zero-order chi connectivity index (χ0) is 25.6. The number of amides is 3. The zero-order valence-electron chi connectivity index (χ0n) is 19.5. The van der Waals surface area contributed by atoms with Crippen molar-refractivity contribution < 1.29 is 34.2 Å². The molecule has 0 aromatic heterocycles. The summed E-state index contributed by atoms with van der Waals surface area (Å²) in [6.07, 6.45) is 4.18. The van der Waals surface area contributed by atoms with Crippen molar-refractivity contribution in [3.8, 4) is 0 Å². The van der Waals surface area contributed by atoms with Crippen molar-refractivity contribution in [3.63, 3.8) is 0 Å². The Morgan fingerprint density at radius 1 is 0.848 bits per heavy atom. The van der Waals surface area contributed by atoms with E-state index >= 15 is 0 Å². The molecular weight excluding hydrogens is 472 g/mol. The summed E-state index contributed by atoms with van der Waals surface area (Å²) in [5, 5.41) is 25.5. The van der Waals surface area contributed by atoms with Crippen molar-refractivity contribution in [2.45, 2.75) is 63.7 Å². The third-order valence-corrected chi connectivity index (χ3v) is 6.29. The molecule has 5 unspecified atom stereocenters. The summed E-state index contributed by atoms with van der Waals surface area (Å²) >= 11 is 3.03. The predicted molar refractivity (Wildman–Crippen MR) is 129 cm³/mol. The van der Waals surface area contributed by atoms with Crippen molar-refractivity contribution >= 4 is 53.2 Å². The molecule has 0 bridgehead atoms. The van der Waals surface area contributed by atoms with E-state index in [4.69, 9.17) is 10.8 Å². The van der Waals surface area contributed by atoms with Crippen molar-refractivity contribution in [2.24, 2.45) is 11.7 Å². The van der Waals surface area contributed by atoms with Gasteiger partial charge in [0.2, 0.25) is 17.7 Å². The van der Waals surface area contributed by atoms with Gasteiger partial charge in [0.05, 0.1) is 12.5 Å². The maximum atomic E-state index is 13.0. The predicted octanol–water partition coefficient (Wildman–Crippen LogP) is -0.120. The molecule has 0 rings (SSSR count). The summed E-state index contributed by atoms with van der Waals surface area (Å²) in [6, 6.07) is -4.46. The van der Waals surface area contributed by atoms with E-state index in [2.05, 4.69) is 16.0 Å². The van der Waals surface area contributed by atoms with Crippen LogP contribution in [0.2, 0.25) is 0 Å². The van der Waals surface area contributed by atoms with Gasteiger partial charge in [-0.25, -0.2) is 4.79 Å². The minimum Gasteiger partial charge on any atom is -0.481 e. The first-order chi connectivity index (χ1) is 15.5. The van der Waals surface area contributed by atoms with Crippen LogP contribution in [0.5, 0.6) is 0 Å². The summed E-state index contributed by atoms with van der Waals surface area (Å²) in [5.74, 6) is -3.88. The van der Waals surface area contributed by atoms with Gasteiger partial charge in [-0.3, -0.25) is 19.2 Å². The van der Waals surface area contributed by atoms with E-state index in [1.54, 1.807) is 25.6 Å². The molecule has 0 fully saturated rings. The van der Waals surface area contributed by atoms with Crippen LogP contribution in [0, 0.1) is 5.92 Å². The molecule has 33 heavy (non-hydrogen) atoms. The quantitative estimate of drug-likeness (QED) is 0.154. The monoisotopic (exact) mass is 508 g/mol. The topological polar surface area (TPSA) is 188 Å². The lowest BCUT2D eigenvalue weighted by Crippen LogP contribution is -2.59. The average molecular weight is 509 g/mol. The van der Waals surface area contributed by atoms with Crippen LogP contribution in [0.25, 0.3) is 0 Å². The summed E-state index contributed by atoms with van der Waals surface area (Å²) < 4.78 is 0. The molecule has 5 atom stereocenters. The lowest BCUT2D eigenvalue weighted by atomic mass is 9.97. The highest BCUT2D eigenvalue weighted by molar-refractivity contribution is 7.98. The lowest BCUT2D eigenvalue weighted by molar-refractivity contribution is -0.147. The maximum absolute atomic E-state index is 13.0. The Morgan fingerprint density at radius 2 is 1.39 bits per heavy atom. The molecule has 0 aliphatic heterocycles. The number of carbonyl (C=O) groups excluding carboxylic acids is 3. The van der Waals surface area contributed by atoms with Crippen LogP contribution in [0.3, 0.4) is 0 Å². The summed E-state index contributed by atoms with van der Waals surface area (Å²) in [5.41, 5.74) is 5.89. The Hall–Kier alpha value is -1.99. The molecule has 0 aromatic rings. The number of carboxylic acid groups (broad SMARTS) is 2. The van der Waals surface area contributed by atoms with Gasteiger partial charge in [0, 0.05) is 0 Å². The second-order valence-electron chi connectivity index (χ2n) is 7.60. The van der Waals surface area contributed by atoms with Gasteiger partial charge >= 0.3 is 11.9 Å². The Bertz CT molecular complexity index is 681. The number of hydrogen-bond donors (Lipinski definition) is 6. The number of aliphatic carboxylic acids is 2. The van der Waals surface area contributed by atoms with Crippen LogP contribution in [0.4, 0.5) is 0 Å². The van der Waals surface area contributed by atoms with Crippen LogP contribution >= 0.6 is 23.5 Å². The minimum absolute atomic E-state index is 0.305. The molecule has 0 spiro atoms. The molecule has 0 aromatic carbocycles. The smallest absolute Gasteiger partial charge is 0.326 e. The summed E-state index contributed by atoms with van der Waals surface area (Å²) in [6.45, 7) is 3.49. The van der Waals surface area contributed by atoms with Gasteiger partial charge in [-0.1, -0.05) is 20.3 Å². The van der Waals surface area contributed by atoms with Crippen LogP contribution in [-0.2, 0) is 24.0 Å². The summed E-state index contributed by atoms with van der Waals surface area (Å²) in [4.78, 5) is 60.4. The second kappa shape index (κ2) is 16.6. The molecule has 0 saturated carbocycles. The van der Waals surface area contributed by atoms with Gasteiger partial charge in [0.15, 0.2) is 0 Å². The van der Waals surface area contributed by atoms with E-state index < -0.39 is 60.2 Å². The Labute approximate surface area is 202 Å². The van der Waals surface area contributed by atoms with Crippen molar-refractivity contribution in [3.05, 3.63) is 0 Å². The molecule has 0 aliphatic carbocycles. The molecule has 11 nitrogen and oxygen atoms in total. The number of nitrogens with two attached hydrogens (primary N) is 1. The van der Waals surface area contributed by atoms with Crippen LogP contribution in [0.1, 0.15) is 39.5 Å².